The van der Waals surface area contributed by atoms with E-state index in [0.29, 0.717) is 24.8 Å². The molecule has 8 heteroatoms. The Bertz CT molecular complexity index is 826. The third-order valence-electron chi connectivity index (χ3n) is 4.13. The third kappa shape index (κ3) is 1.92. The van der Waals surface area contributed by atoms with Crippen molar-refractivity contribution >= 4 is 34.4 Å². The number of oxazole rings is 1. The van der Waals surface area contributed by atoms with E-state index < -0.39 is 5.82 Å². The Morgan fingerprint density at radius 2 is 2.04 bits per heavy atom. The van der Waals surface area contributed by atoms with Crippen LogP contribution in [-0.2, 0) is 0 Å². The molecule has 0 radical (unpaired) electrons. The van der Waals surface area contributed by atoms with Gasteiger partial charge in [-0.1, -0.05) is 18.2 Å². The molecule has 0 saturated carbocycles. The van der Waals surface area contributed by atoms with Crippen LogP contribution in [0.5, 0.6) is 0 Å². The Morgan fingerprint density at radius 3 is 2.74 bits per heavy atom. The SMILES string of the molecule is C=C1N(c2c(F)cc(Cl)c3oc(C)nc23)C(=O)N2CCCCN12. The van der Waals surface area contributed by atoms with Crippen molar-refractivity contribution in [2.75, 3.05) is 18.0 Å². The lowest BCUT2D eigenvalue weighted by Crippen LogP contribution is -2.43. The molecule has 120 valence electrons. The van der Waals surface area contributed by atoms with Crippen molar-refractivity contribution in [2.45, 2.75) is 19.8 Å². The van der Waals surface area contributed by atoms with Gasteiger partial charge in [0.05, 0.1) is 5.02 Å². The average molecular weight is 337 g/mol. The number of benzene rings is 1. The topological polar surface area (TPSA) is 52.8 Å². The highest BCUT2D eigenvalue weighted by Crippen LogP contribution is 2.40. The molecule has 2 amide bonds. The van der Waals surface area contributed by atoms with Gasteiger partial charge in [-0.3, -0.25) is 5.01 Å². The molecule has 6 nitrogen and oxygen atoms in total. The lowest BCUT2D eigenvalue weighted by Gasteiger charge is -2.32. The molecule has 1 aromatic heterocycles. The Balaban J connectivity index is 1.92. The molecule has 3 heterocycles. The van der Waals surface area contributed by atoms with Crippen molar-refractivity contribution < 1.29 is 13.6 Å². The third-order valence-corrected chi connectivity index (χ3v) is 4.41. The Hall–Kier alpha value is -2.28. The number of amides is 2. The zero-order valence-corrected chi connectivity index (χ0v) is 13.2. The van der Waals surface area contributed by atoms with Crippen molar-refractivity contribution in [1.29, 1.82) is 0 Å². The molecule has 0 unspecified atom stereocenters. The fourth-order valence-electron chi connectivity index (χ4n) is 3.12. The van der Waals surface area contributed by atoms with Gasteiger partial charge >= 0.3 is 6.03 Å². The van der Waals surface area contributed by atoms with Crippen LogP contribution in [0, 0.1) is 12.7 Å². The van der Waals surface area contributed by atoms with Gasteiger partial charge in [0.25, 0.3) is 0 Å². The zero-order valence-electron chi connectivity index (χ0n) is 12.5. The van der Waals surface area contributed by atoms with Crippen LogP contribution in [-0.4, -0.2) is 34.1 Å². The van der Waals surface area contributed by atoms with E-state index in [1.165, 1.54) is 4.90 Å². The van der Waals surface area contributed by atoms with E-state index in [-0.39, 0.29) is 27.8 Å². The Morgan fingerprint density at radius 1 is 1.35 bits per heavy atom. The summed E-state index contributed by atoms with van der Waals surface area (Å²) in [4.78, 5) is 18.2. The molecule has 2 aliphatic heterocycles. The standard InChI is InChI=1S/C15H14ClFN4O2/c1-8-18-12-13(11(17)7-10(16)14(12)23-8)21-9(2)19-5-3-4-6-20(19)15(21)22/h7H,2-6H2,1H3. The number of urea groups is 1. The number of rotatable bonds is 1. The lowest BCUT2D eigenvalue weighted by molar-refractivity contribution is 0.0500. The molecule has 2 fully saturated rings. The van der Waals surface area contributed by atoms with Crippen LogP contribution >= 0.6 is 11.6 Å². The molecule has 0 atom stereocenters. The van der Waals surface area contributed by atoms with Crippen LogP contribution in [0.3, 0.4) is 0 Å². The summed E-state index contributed by atoms with van der Waals surface area (Å²) in [5.74, 6) is 0.133. The molecule has 2 aromatic rings. The summed E-state index contributed by atoms with van der Waals surface area (Å²) in [6.07, 6.45) is 1.86. The largest absolute Gasteiger partial charge is 0.439 e. The van der Waals surface area contributed by atoms with E-state index in [0.717, 1.165) is 18.9 Å². The van der Waals surface area contributed by atoms with Crippen LogP contribution in [0.25, 0.3) is 11.1 Å². The molecule has 0 spiro atoms. The number of hydrogen-bond acceptors (Lipinski definition) is 4. The predicted molar refractivity (Wildman–Crippen MR) is 83.4 cm³/mol. The highest BCUT2D eigenvalue weighted by molar-refractivity contribution is 6.35. The second-order valence-electron chi connectivity index (χ2n) is 5.59. The van der Waals surface area contributed by atoms with Gasteiger partial charge in [-0.2, -0.15) is 0 Å². The van der Waals surface area contributed by atoms with Gasteiger partial charge < -0.3 is 4.42 Å². The first-order valence-electron chi connectivity index (χ1n) is 7.32. The van der Waals surface area contributed by atoms with Gasteiger partial charge in [-0.25, -0.2) is 24.1 Å². The van der Waals surface area contributed by atoms with E-state index in [1.54, 1.807) is 16.9 Å². The number of hydrogen-bond donors (Lipinski definition) is 0. The molecule has 0 bridgehead atoms. The van der Waals surface area contributed by atoms with Crippen LogP contribution < -0.4 is 4.90 Å². The first kappa shape index (κ1) is 14.3. The van der Waals surface area contributed by atoms with Crippen LogP contribution in [0.15, 0.2) is 22.9 Å². The van der Waals surface area contributed by atoms with Crippen LogP contribution in [0.4, 0.5) is 14.9 Å². The summed E-state index contributed by atoms with van der Waals surface area (Å²) in [7, 11) is 0. The van der Waals surface area contributed by atoms with E-state index in [9.17, 15) is 9.18 Å². The number of nitrogens with zero attached hydrogens (tertiary/aromatic N) is 4. The van der Waals surface area contributed by atoms with E-state index in [4.69, 9.17) is 16.0 Å². The smallest absolute Gasteiger partial charge is 0.349 e. The quantitative estimate of drug-likeness (QED) is 0.797. The summed E-state index contributed by atoms with van der Waals surface area (Å²) >= 11 is 6.03. The number of aromatic nitrogens is 1. The summed E-state index contributed by atoms with van der Waals surface area (Å²) in [5.41, 5.74) is 0.523. The molecule has 0 N–H and O–H groups in total. The summed E-state index contributed by atoms with van der Waals surface area (Å²) in [5, 5.41) is 3.48. The van der Waals surface area contributed by atoms with Crippen LogP contribution in [0.1, 0.15) is 18.7 Å². The summed E-state index contributed by atoms with van der Waals surface area (Å²) < 4.78 is 20.1. The van der Waals surface area contributed by atoms with Gasteiger partial charge in [0, 0.05) is 20.0 Å². The minimum Gasteiger partial charge on any atom is -0.439 e. The van der Waals surface area contributed by atoms with Crippen molar-refractivity contribution in [3.63, 3.8) is 0 Å². The Labute approximate surface area is 136 Å². The molecule has 2 aliphatic rings. The molecular weight excluding hydrogens is 323 g/mol. The van der Waals surface area contributed by atoms with Gasteiger partial charge in [-0.05, 0) is 18.9 Å². The van der Waals surface area contributed by atoms with Gasteiger partial charge in [-0.15, -0.1) is 0 Å². The monoisotopic (exact) mass is 336 g/mol. The van der Waals surface area contributed by atoms with Crippen molar-refractivity contribution in [3.05, 3.63) is 35.2 Å². The molecule has 1 aromatic carbocycles. The lowest BCUT2D eigenvalue weighted by atomic mass is 10.2. The maximum atomic E-state index is 14.6. The highest BCUT2D eigenvalue weighted by Gasteiger charge is 2.43. The molecule has 0 aliphatic carbocycles. The second-order valence-corrected chi connectivity index (χ2v) is 5.99. The maximum Gasteiger partial charge on any atom is 0.349 e. The predicted octanol–water partition coefficient (Wildman–Crippen LogP) is 3.65. The maximum absolute atomic E-state index is 14.6. The van der Waals surface area contributed by atoms with Crippen molar-refractivity contribution in [3.8, 4) is 0 Å². The number of carbonyl (C=O) groups excluding carboxylic acids is 1. The molecule has 4 rings (SSSR count). The number of aryl methyl sites for hydroxylation is 1. The molecular formula is C15H14ClFN4O2. The first-order chi connectivity index (χ1) is 11.0. The number of anilines is 1. The van der Waals surface area contributed by atoms with Gasteiger partial charge in [0.2, 0.25) is 0 Å². The zero-order chi connectivity index (χ0) is 16.3. The van der Waals surface area contributed by atoms with E-state index in [2.05, 4.69) is 11.6 Å². The number of fused-ring (bicyclic) bond motifs is 2. The fourth-order valence-corrected chi connectivity index (χ4v) is 3.34. The van der Waals surface area contributed by atoms with Gasteiger partial charge in [0.1, 0.15) is 17.0 Å². The van der Waals surface area contributed by atoms with Gasteiger partial charge in [0.15, 0.2) is 17.3 Å². The van der Waals surface area contributed by atoms with Crippen LogP contribution in [0.2, 0.25) is 5.02 Å². The Kier molecular flexibility index (Phi) is 3.02. The molecule has 2 saturated heterocycles. The number of halogens is 2. The van der Waals surface area contributed by atoms with E-state index in [1.807, 2.05) is 0 Å². The summed E-state index contributed by atoms with van der Waals surface area (Å²) in [6.45, 7) is 6.87. The average Bonchev–Trinajstić information content (AvgIpc) is 3.02. The highest BCUT2D eigenvalue weighted by atomic mass is 35.5. The fraction of sp³-hybridized carbons (Fsp3) is 0.333. The number of carbonyl (C=O) groups is 1. The first-order valence-corrected chi connectivity index (χ1v) is 7.70. The molecule has 23 heavy (non-hydrogen) atoms. The second kappa shape index (κ2) is 4.86. The minimum atomic E-state index is -0.633. The number of hydrazine groups is 1. The van der Waals surface area contributed by atoms with E-state index >= 15 is 0 Å². The minimum absolute atomic E-state index is 0.0330. The summed E-state index contributed by atoms with van der Waals surface area (Å²) in [6, 6.07) is 0.801. The normalized spacial score (nSPS) is 18.3. The van der Waals surface area contributed by atoms with Crippen molar-refractivity contribution in [1.82, 2.24) is 15.0 Å². The van der Waals surface area contributed by atoms with Crippen molar-refractivity contribution in [2.24, 2.45) is 0 Å².